The topological polar surface area (TPSA) is 84.5 Å². The summed E-state index contributed by atoms with van der Waals surface area (Å²) in [5.41, 5.74) is 1.01. The van der Waals surface area contributed by atoms with Gasteiger partial charge in [0.1, 0.15) is 0 Å². The standard InChI is InChI=1S/C26H27N5O3S2/c1-19-18-29(13-14-30(19)25(33)21-10-5-15-34-21)23(32)12-7-17-36-26-28-27-24(22-11-6-16-35-22)31(26)20-8-3-2-4-9-20/h2-6,8-11,15-16,19H,7,12-14,17-18H2,1H3. The molecule has 36 heavy (non-hydrogen) atoms. The van der Waals surface area contributed by atoms with Crippen LogP contribution in [0.3, 0.4) is 0 Å². The van der Waals surface area contributed by atoms with Crippen LogP contribution in [0.1, 0.15) is 30.3 Å². The van der Waals surface area contributed by atoms with Crippen molar-refractivity contribution in [3.8, 4) is 16.4 Å². The number of thiophene rings is 1. The smallest absolute Gasteiger partial charge is 0.289 e. The Labute approximate surface area is 217 Å². The van der Waals surface area contributed by atoms with E-state index in [1.165, 1.54) is 6.26 Å². The molecule has 0 aliphatic carbocycles. The number of piperazine rings is 1. The number of aromatic nitrogens is 3. The summed E-state index contributed by atoms with van der Waals surface area (Å²) in [6.07, 6.45) is 2.70. The lowest BCUT2D eigenvalue weighted by molar-refractivity contribution is -0.133. The zero-order valence-corrected chi connectivity index (χ0v) is 21.6. The third-order valence-corrected chi connectivity index (χ3v) is 8.01. The molecule has 3 aromatic heterocycles. The predicted octanol–water partition coefficient (Wildman–Crippen LogP) is 4.83. The van der Waals surface area contributed by atoms with Crippen LogP contribution in [0.4, 0.5) is 0 Å². The number of benzene rings is 1. The maximum Gasteiger partial charge on any atom is 0.289 e. The number of thioether (sulfide) groups is 1. The molecular weight excluding hydrogens is 494 g/mol. The summed E-state index contributed by atoms with van der Waals surface area (Å²) >= 11 is 3.25. The highest BCUT2D eigenvalue weighted by molar-refractivity contribution is 7.99. The van der Waals surface area contributed by atoms with Crippen molar-refractivity contribution in [3.63, 3.8) is 0 Å². The van der Waals surface area contributed by atoms with Gasteiger partial charge in [-0.25, -0.2) is 0 Å². The molecule has 0 bridgehead atoms. The largest absolute Gasteiger partial charge is 0.459 e. The molecule has 8 nitrogen and oxygen atoms in total. The minimum absolute atomic E-state index is 0.0604. The predicted molar refractivity (Wildman–Crippen MR) is 140 cm³/mol. The fraction of sp³-hybridized carbons (Fsp3) is 0.308. The number of carbonyl (C=O) groups excluding carboxylic acids is 2. The van der Waals surface area contributed by atoms with Gasteiger partial charge in [-0.05, 0) is 49.1 Å². The Morgan fingerprint density at radius 2 is 1.94 bits per heavy atom. The Morgan fingerprint density at radius 3 is 2.67 bits per heavy atom. The summed E-state index contributed by atoms with van der Waals surface area (Å²) in [6, 6.07) is 17.5. The Morgan fingerprint density at radius 1 is 1.08 bits per heavy atom. The second-order valence-electron chi connectivity index (χ2n) is 8.57. The molecule has 1 aliphatic heterocycles. The zero-order valence-electron chi connectivity index (χ0n) is 19.9. The molecule has 1 saturated heterocycles. The molecule has 1 aliphatic rings. The fourth-order valence-electron chi connectivity index (χ4n) is 4.31. The number of hydrogen-bond donors (Lipinski definition) is 0. The zero-order chi connectivity index (χ0) is 24.9. The van der Waals surface area contributed by atoms with Crippen LogP contribution < -0.4 is 0 Å². The van der Waals surface area contributed by atoms with Gasteiger partial charge in [0, 0.05) is 43.5 Å². The van der Waals surface area contributed by atoms with Gasteiger partial charge in [0.2, 0.25) is 5.91 Å². The number of para-hydroxylation sites is 1. The maximum absolute atomic E-state index is 12.9. The van der Waals surface area contributed by atoms with Gasteiger partial charge in [0.05, 0.1) is 11.1 Å². The van der Waals surface area contributed by atoms with Crippen molar-refractivity contribution in [1.29, 1.82) is 0 Å². The second-order valence-corrected chi connectivity index (χ2v) is 10.6. The second kappa shape index (κ2) is 11.1. The number of amides is 2. The Balaban J connectivity index is 1.15. The highest BCUT2D eigenvalue weighted by Gasteiger charge is 2.31. The summed E-state index contributed by atoms with van der Waals surface area (Å²) in [5.74, 6) is 1.92. The molecule has 186 valence electrons. The molecule has 0 saturated carbocycles. The normalized spacial score (nSPS) is 15.9. The molecule has 0 N–H and O–H groups in total. The van der Waals surface area contributed by atoms with Crippen LogP contribution in [0.25, 0.3) is 16.4 Å². The van der Waals surface area contributed by atoms with Crippen molar-refractivity contribution < 1.29 is 14.0 Å². The summed E-state index contributed by atoms with van der Waals surface area (Å²) < 4.78 is 7.33. The number of hydrogen-bond acceptors (Lipinski definition) is 7. The van der Waals surface area contributed by atoms with Gasteiger partial charge in [-0.2, -0.15) is 0 Å². The van der Waals surface area contributed by atoms with E-state index < -0.39 is 0 Å². The molecule has 2 amide bonds. The molecule has 4 aromatic rings. The van der Waals surface area contributed by atoms with E-state index in [2.05, 4.69) is 14.8 Å². The molecule has 1 unspecified atom stereocenters. The molecular formula is C26H27N5O3S2. The highest BCUT2D eigenvalue weighted by Crippen LogP contribution is 2.30. The van der Waals surface area contributed by atoms with Gasteiger partial charge in [-0.15, -0.1) is 21.5 Å². The Kier molecular flexibility index (Phi) is 7.52. The van der Waals surface area contributed by atoms with Crippen LogP contribution in [-0.2, 0) is 4.79 Å². The Hall–Kier alpha value is -3.37. The van der Waals surface area contributed by atoms with Gasteiger partial charge in [-0.1, -0.05) is 36.0 Å². The van der Waals surface area contributed by atoms with Gasteiger partial charge < -0.3 is 14.2 Å². The minimum Gasteiger partial charge on any atom is -0.459 e. The van der Waals surface area contributed by atoms with Crippen molar-refractivity contribution in [2.24, 2.45) is 0 Å². The van der Waals surface area contributed by atoms with E-state index in [0.717, 1.165) is 33.7 Å². The summed E-state index contributed by atoms with van der Waals surface area (Å²) in [4.78, 5) is 30.2. The van der Waals surface area contributed by atoms with E-state index >= 15 is 0 Å². The average Bonchev–Trinajstić information content (AvgIpc) is 3.68. The molecule has 0 spiro atoms. The third-order valence-electron chi connectivity index (χ3n) is 6.13. The summed E-state index contributed by atoms with van der Waals surface area (Å²) in [7, 11) is 0. The van der Waals surface area contributed by atoms with Crippen molar-refractivity contribution in [3.05, 3.63) is 72.0 Å². The van der Waals surface area contributed by atoms with Gasteiger partial charge in [-0.3, -0.25) is 14.2 Å². The van der Waals surface area contributed by atoms with Crippen LogP contribution >= 0.6 is 23.1 Å². The van der Waals surface area contributed by atoms with Crippen LogP contribution in [0.15, 0.2) is 75.8 Å². The van der Waals surface area contributed by atoms with E-state index in [1.807, 2.05) is 59.7 Å². The van der Waals surface area contributed by atoms with Gasteiger partial charge in [0.25, 0.3) is 5.91 Å². The first-order valence-corrected chi connectivity index (χ1v) is 13.8. The molecule has 4 heterocycles. The van der Waals surface area contributed by atoms with Crippen molar-refractivity contribution in [1.82, 2.24) is 24.6 Å². The van der Waals surface area contributed by atoms with Crippen LogP contribution in [0.5, 0.6) is 0 Å². The van der Waals surface area contributed by atoms with E-state index in [1.54, 1.807) is 40.1 Å². The van der Waals surface area contributed by atoms with Crippen molar-refractivity contribution in [2.75, 3.05) is 25.4 Å². The lowest BCUT2D eigenvalue weighted by atomic mass is 10.1. The number of nitrogens with zero attached hydrogens (tertiary/aromatic N) is 5. The molecule has 5 rings (SSSR count). The first kappa shape index (κ1) is 24.3. The summed E-state index contributed by atoms with van der Waals surface area (Å²) in [5, 5.41) is 11.8. The molecule has 10 heteroatoms. The van der Waals surface area contributed by atoms with E-state index in [0.29, 0.717) is 31.8 Å². The number of furan rings is 1. The highest BCUT2D eigenvalue weighted by atomic mass is 32.2. The van der Waals surface area contributed by atoms with Crippen LogP contribution in [-0.4, -0.2) is 67.8 Å². The Bertz CT molecular complexity index is 1290. The molecule has 0 radical (unpaired) electrons. The van der Waals surface area contributed by atoms with E-state index in [9.17, 15) is 9.59 Å². The lowest BCUT2D eigenvalue weighted by Gasteiger charge is -2.39. The van der Waals surface area contributed by atoms with E-state index in [-0.39, 0.29) is 17.9 Å². The monoisotopic (exact) mass is 521 g/mol. The third kappa shape index (κ3) is 5.24. The van der Waals surface area contributed by atoms with Crippen LogP contribution in [0.2, 0.25) is 0 Å². The number of carbonyl (C=O) groups is 2. The SMILES string of the molecule is CC1CN(C(=O)CCCSc2nnc(-c3cccs3)n2-c2ccccc2)CCN1C(=O)c1ccco1. The quantitative estimate of drug-likeness (QED) is 0.244. The van der Waals surface area contributed by atoms with Gasteiger partial charge >= 0.3 is 0 Å². The molecule has 1 atom stereocenters. The van der Waals surface area contributed by atoms with Crippen molar-refractivity contribution >= 4 is 34.9 Å². The number of rotatable bonds is 8. The first-order chi connectivity index (χ1) is 17.6. The maximum atomic E-state index is 12.9. The molecule has 1 aromatic carbocycles. The van der Waals surface area contributed by atoms with Crippen LogP contribution in [0, 0.1) is 0 Å². The minimum atomic E-state index is -0.125. The van der Waals surface area contributed by atoms with E-state index in [4.69, 9.17) is 4.42 Å². The first-order valence-electron chi connectivity index (χ1n) is 11.9. The summed E-state index contributed by atoms with van der Waals surface area (Å²) in [6.45, 7) is 3.55. The lowest BCUT2D eigenvalue weighted by Crippen LogP contribution is -2.55. The fourth-order valence-corrected chi connectivity index (χ4v) is 5.90. The molecule has 1 fully saturated rings. The van der Waals surface area contributed by atoms with Gasteiger partial charge in [0.15, 0.2) is 16.7 Å². The van der Waals surface area contributed by atoms with Crippen molar-refractivity contribution in [2.45, 2.75) is 31.0 Å². The average molecular weight is 522 g/mol.